The molecule has 0 saturated carbocycles. The first kappa shape index (κ1) is 21.4. The molecule has 0 fully saturated rings. The molecule has 0 heterocycles. The van der Waals surface area contributed by atoms with Gasteiger partial charge in [-0.3, -0.25) is 9.10 Å². The van der Waals surface area contributed by atoms with Gasteiger partial charge in [-0.1, -0.05) is 47.5 Å². The summed E-state index contributed by atoms with van der Waals surface area (Å²) in [5, 5.41) is 2.74. The fourth-order valence-electron chi connectivity index (χ4n) is 2.93. The second-order valence-electron chi connectivity index (χ2n) is 6.91. The lowest BCUT2D eigenvalue weighted by atomic mass is 10.2. The highest BCUT2D eigenvalue weighted by atomic mass is 32.2. The summed E-state index contributed by atoms with van der Waals surface area (Å²) in [4.78, 5) is 12.9. The summed E-state index contributed by atoms with van der Waals surface area (Å²) in [6.07, 6.45) is 0. The van der Waals surface area contributed by atoms with Crippen molar-refractivity contribution in [2.75, 3.05) is 23.3 Å². The molecule has 0 aliphatic rings. The highest BCUT2D eigenvalue weighted by molar-refractivity contribution is 7.92. The summed E-state index contributed by atoms with van der Waals surface area (Å²) in [7, 11) is -2.44. The Bertz CT molecular complexity index is 1120. The topological polar surface area (TPSA) is 75.7 Å². The number of anilines is 2. The molecule has 0 unspecified atom stereocenters. The minimum Gasteiger partial charge on any atom is -0.495 e. The van der Waals surface area contributed by atoms with E-state index in [0.717, 1.165) is 15.4 Å². The molecule has 0 aliphatic carbocycles. The predicted octanol–water partition coefficient (Wildman–Crippen LogP) is 4.15. The van der Waals surface area contributed by atoms with Gasteiger partial charge in [0, 0.05) is 0 Å². The van der Waals surface area contributed by atoms with Gasteiger partial charge in [0.15, 0.2) is 0 Å². The van der Waals surface area contributed by atoms with Crippen molar-refractivity contribution in [2.24, 2.45) is 0 Å². The molecule has 3 rings (SSSR count). The van der Waals surface area contributed by atoms with Crippen molar-refractivity contribution in [3.05, 3.63) is 83.9 Å². The van der Waals surface area contributed by atoms with Gasteiger partial charge >= 0.3 is 0 Å². The Morgan fingerprint density at radius 2 is 1.47 bits per heavy atom. The lowest BCUT2D eigenvalue weighted by Crippen LogP contribution is -2.38. The summed E-state index contributed by atoms with van der Waals surface area (Å²) in [5.74, 6) is 0.0184. The summed E-state index contributed by atoms with van der Waals surface area (Å²) in [5.41, 5.74) is 2.83. The highest BCUT2D eigenvalue weighted by Gasteiger charge is 2.27. The van der Waals surface area contributed by atoms with Crippen LogP contribution in [0.15, 0.2) is 77.7 Å². The number of carbonyl (C=O) groups excluding carboxylic acids is 1. The van der Waals surface area contributed by atoms with E-state index in [-0.39, 0.29) is 11.4 Å². The van der Waals surface area contributed by atoms with Crippen molar-refractivity contribution in [2.45, 2.75) is 18.7 Å². The number of ether oxygens (including phenoxy) is 1. The number of aryl methyl sites for hydroxylation is 2. The number of para-hydroxylation sites is 2. The number of benzene rings is 3. The van der Waals surface area contributed by atoms with Gasteiger partial charge in [0.1, 0.15) is 12.3 Å². The molecule has 0 radical (unpaired) electrons. The van der Waals surface area contributed by atoms with Gasteiger partial charge in [-0.05, 0) is 50.2 Å². The zero-order valence-electron chi connectivity index (χ0n) is 17.1. The van der Waals surface area contributed by atoms with Crippen LogP contribution < -0.4 is 14.4 Å². The number of amides is 1. The third-order valence-corrected chi connectivity index (χ3v) is 6.39. The molecular formula is C23H24N2O4S. The van der Waals surface area contributed by atoms with Crippen LogP contribution in [0.5, 0.6) is 5.75 Å². The number of rotatable bonds is 7. The van der Waals surface area contributed by atoms with E-state index in [0.29, 0.717) is 17.1 Å². The number of hydrogen-bond donors (Lipinski definition) is 1. The average molecular weight is 425 g/mol. The number of nitrogens with one attached hydrogen (secondary N) is 1. The van der Waals surface area contributed by atoms with Crippen molar-refractivity contribution in [3.8, 4) is 5.75 Å². The maximum atomic E-state index is 13.4. The number of methoxy groups -OCH3 is 1. The van der Waals surface area contributed by atoms with Crippen LogP contribution in [-0.2, 0) is 14.8 Å². The maximum Gasteiger partial charge on any atom is 0.264 e. The molecule has 0 atom stereocenters. The molecule has 3 aromatic carbocycles. The van der Waals surface area contributed by atoms with Crippen LogP contribution in [0.25, 0.3) is 0 Å². The van der Waals surface area contributed by atoms with E-state index in [2.05, 4.69) is 5.32 Å². The summed E-state index contributed by atoms with van der Waals surface area (Å²) >= 11 is 0. The third kappa shape index (κ3) is 4.80. The fraction of sp³-hybridized carbons (Fsp3) is 0.174. The summed E-state index contributed by atoms with van der Waals surface area (Å²) in [6.45, 7) is 3.42. The molecule has 6 nitrogen and oxygen atoms in total. The van der Waals surface area contributed by atoms with E-state index in [9.17, 15) is 13.2 Å². The minimum absolute atomic E-state index is 0.124. The second kappa shape index (κ2) is 9.00. The SMILES string of the molecule is COc1ccccc1NC(=O)CN(c1ccc(C)cc1)S(=O)(=O)c1ccc(C)cc1. The molecule has 3 aromatic rings. The highest BCUT2D eigenvalue weighted by Crippen LogP contribution is 2.26. The van der Waals surface area contributed by atoms with E-state index in [4.69, 9.17) is 4.74 Å². The van der Waals surface area contributed by atoms with Crippen LogP contribution >= 0.6 is 0 Å². The molecule has 156 valence electrons. The predicted molar refractivity (Wildman–Crippen MR) is 119 cm³/mol. The van der Waals surface area contributed by atoms with Crippen molar-refractivity contribution in [3.63, 3.8) is 0 Å². The van der Waals surface area contributed by atoms with Gasteiger partial charge in [0.05, 0.1) is 23.4 Å². The van der Waals surface area contributed by atoms with Crippen molar-refractivity contribution < 1.29 is 17.9 Å². The number of nitrogens with zero attached hydrogens (tertiary/aromatic N) is 1. The lowest BCUT2D eigenvalue weighted by molar-refractivity contribution is -0.114. The Balaban J connectivity index is 1.94. The fourth-order valence-corrected chi connectivity index (χ4v) is 4.35. The van der Waals surface area contributed by atoms with Gasteiger partial charge in [-0.15, -0.1) is 0 Å². The number of sulfonamides is 1. The van der Waals surface area contributed by atoms with Crippen LogP contribution in [0.3, 0.4) is 0 Å². The van der Waals surface area contributed by atoms with E-state index >= 15 is 0 Å². The van der Waals surface area contributed by atoms with E-state index in [1.807, 2.05) is 26.0 Å². The Labute approximate surface area is 177 Å². The Hall–Kier alpha value is -3.32. The molecule has 30 heavy (non-hydrogen) atoms. The molecule has 7 heteroatoms. The third-order valence-electron chi connectivity index (χ3n) is 4.60. The zero-order valence-corrected chi connectivity index (χ0v) is 17.9. The van der Waals surface area contributed by atoms with Crippen molar-refractivity contribution in [1.82, 2.24) is 0 Å². The van der Waals surface area contributed by atoms with Crippen molar-refractivity contribution in [1.29, 1.82) is 0 Å². The molecule has 0 aromatic heterocycles. The van der Waals surface area contributed by atoms with Gasteiger partial charge in [0.2, 0.25) is 5.91 Å². The summed E-state index contributed by atoms with van der Waals surface area (Å²) < 4.78 is 33.1. The minimum atomic E-state index is -3.95. The van der Waals surface area contributed by atoms with Crippen LogP contribution in [0.1, 0.15) is 11.1 Å². The normalized spacial score (nSPS) is 11.0. The Morgan fingerprint density at radius 3 is 2.07 bits per heavy atom. The first-order valence-corrected chi connectivity index (χ1v) is 10.8. The van der Waals surface area contributed by atoms with Crippen LogP contribution in [-0.4, -0.2) is 28.0 Å². The molecule has 0 aliphatic heterocycles. The quantitative estimate of drug-likeness (QED) is 0.618. The first-order chi connectivity index (χ1) is 14.3. The van der Waals surface area contributed by atoms with E-state index < -0.39 is 15.9 Å². The van der Waals surface area contributed by atoms with E-state index in [1.54, 1.807) is 60.7 Å². The molecule has 1 amide bonds. The summed E-state index contributed by atoms with van der Waals surface area (Å²) in [6, 6.07) is 20.5. The smallest absolute Gasteiger partial charge is 0.264 e. The molecule has 0 bridgehead atoms. The molecule has 0 saturated heterocycles. The van der Waals surface area contributed by atoms with Gasteiger partial charge in [-0.2, -0.15) is 0 Å². The van der Waals surface area contributed by atoms with Crippen LogP contribution in [0.2, 0.25) is 0 Å². The van der Waals surface area contributed by atoms with Gasteiger partial charge in [-0.25, -0.2) is 8.42 Å². The van der Waals surface area contributed by atoms with Crippen LogP contribution in [0, 0.1) is 13.8 Å². The monoisotopic (exact) mass is 424 g/mol. The lowest BCUT2D eigenvalue weighted by Gasteiger charge is -2.24. The zero-order chi connectivity index (χ0) is 21.7. The number of carbonyl (C=O) groups is 1. The van der Waals surface area contributed by atoms with Crippen LogP contribution in [0.4, 0.5) is 11.4 Å². The van der Waals surface area contributed by atoms with Crippen molar-refractivity contribution >= 4 is 27.3 Å². The largest absolute Gasteiger partial charge is 0.495 e. The Kier molecular flexibility index (Phi) is 6.42. The van der Waals surface area contributed by atoms with E-state index in [1.165, 1.54) is 7.11 Å². The van der Waals surface area contributed by atoms with Gasteiger partial charge in [0.25, 0.3) is 10.0 Å². The van der Waals surface area contributed by atoms with Gasteiger partial charge < -0.3 is 10.1 Å². The molecular weight excluding hydrogens is 400 g/mol. The standard InChI is InChI=1S/C23H24N2O4S/c1-17-8-12-19(13-9-17)25(30(27,28)20-14-10-18(2)11-15-20)16-23(26)24-21-6-4-5-7-22(21)29-3/h4-15H,16H2,1-3H3,(H,24,26). The average Bonchev–Trinajstić information content (AvgIpc) is 2.73. The number of hydrogen-bond acceptors (Lipinski definition) is 4. The molecule has 0 spiro atoms. The molecule has 1 N–H and O–H groups in total. The second-order valence-corrected chi connectivity index (χ2v) is 8.77. The Morgan fingerprint density at radius 1 is 0.900 bits per heavy atom. The first-order valence-electron chi connectivity index (χ1n) is 9.40. The maximum absolute atomic E-state index is 13.4.